The molecule has 1 atom stereocenters. The zero-order valence-electron chi connectivity index (χ0n) is 7.40. The molecule has 1 radical (unpaired) electrons. The van der Waals surface area contributed by atoms with Gasteiger partial charge in [0.2, 0.25) is 6.10 Å². The summed E-state index contributed by atoms with van der Waals surface area (Å²) >= 11 is 0. The van der Waals surface area contributed by atoms with Gasteiger partial charge in [0.05, 0.1) is 6.61 Å². The Morgan fingerprint density at radius 2 is 2.54 bits per heavy atom. The minimum atomic E-state index is -0.848. The minimum absolute atomic E-state index is 0.293. The number of hydrogen-bond acceptors (Lipinski definition) is 5. The van der Waals surface area contributed by atoms with Gasteiger partial charge in [-0.1, -0.05) is 0 Å². The summed E-state index contributed by atoms with van der Waals surface area (Å²) in [5.74, 6) is -0.198. The van der Waals surface area contributed by atoms with Crippen molar-refractivity contribution in [3.63, 3.8) is 0 Å². The van der Waals surface area contributed by atoms with E-state index in [0.29, 0.717) is 12.4 Å². The van der Waals surface area contributed by atoms with E-state index in [1.165, 1.54) is 7.11 Å². The van der Waals surface area contributed by atoms with Crippen LogP contribution in [0.25, 0.3) is 0 Å². The number of H-pyrrole nitrogens is 1. The standard InChI is InChI=1S/C7H10N3O3/c1-3-13-7(11)5(12-2)6-8-4-9-10-6/h5H,3H2,1-2H3,(H,8,9,10). The maximum atomic E-state index is 11.2. The molecule has 0 aromatic carbocycles. The second-order valence-corrected chi connectivity index (χ2v) is 2.19. The van der Waals surface area contributed by atoms with Crippen LogP contribution in [-0.2, 0) is 14.3 Å². The third-order valence-electron chi connectivity index (χ3n) is 1.38. The van der Waals surface area contributed by atoms with Gasteiger partial charge in [-0.2, -0.15) is 0 Å². The highest BCUT2D eigenvalue weighted by Crippen LogP contribution is 2.12. The van der Waals surface area contributed by atoms with Crippen LogP contribution in [0.3, 0.4) is 0 Å². The van der Waals surface area contributed by atoms with Gasteiger partial charge in [0.25, 0.3) is 0 Å². The molecule has 0 fully saturated rings. The Balaban J connectivity index is 2.68. The van der Waals surface area contributed by atoms with E-state index < -0.39 is 12.1 Å². The average molecular weight is 184 g/mol. The zero-order valence-corrected chi connectivity index (χ0v) is 7.40. The molecule has 1 aromatic rings. The number of carbonyl (C=O) groups excluding carboxylic acids is 1. The fourth-order valence-corrected chi connectivity index (χ4v) is 0.842. The van der Waals surface area contributed by atoms with Crippen LogP contribution in [-0.4, -0.2) is 34.9 Å². The normalized spacial score (nSPS) is 12.5. The highest BCUT2D eigenvalue weighted by molar-refractivity contribution is 5.75. The van der Waals surface area contributed by atoms with Crippen molar-refractivity contribution in [3.05, 3.63) is 12.2 Å². The van der Waals surface area contributed by atoms with E-state index >= 15 is 0 Å². The molecular formula is C7H10N3O3. The second kappa shape index (κ2) is 4.56. The molecule has 1 rings (SSSR count). The number of carbonyl (C=O) groups is 1. The first-order valence-corrected chi connectivity index (χ1v) is 3.77. The van der Waals surface area contributed by atoms with E-state index in [9.17, 15) is 4.79 Å². The Morgan fingerprint density at radius 3 is 3.00 bits per heavy atom. The first-order valence-electron chi connectivity index (χ1n) is 3.77. The summed E-state index contributed by atoms with van der Waals surface area (Å²) in [6.45, 7) is 2.02. The molecule has 1 unspecified atom stereocenters. The third-order valence-corrected chi connectivity index (χ3v) is 1.38. The van der Waals surface area contributed by atoms with Gasteiger partial charge in [0.1, 0.15) is 0 Å². The van der Waals surface area contributed by atoms with Crippen molar-refractivity contribution in [3.8, 4) is 0 Å². The lowest BCUT2D eigenvalue weighted by Gasteiger charge is -2.09. The molecule has 1 aromatic heterocycles. The molecule has 0 saturated heterocycles. The molecule has 0 aliphatic heterocycles. The zero-order chi connectivity index (χ0) is 9.68. The molecule has 1 N–H and O–H groups in total. The fourth-order valence-electron chi connectivity index (χ4n) is 0.842. The molecular weight excluding hydrogens is 174 g/mol. The number of ether oxygens (including phenoxy) is 2. The van der Waals surface area contributed by atoms with Crippen LogP contribution in [0.4, 0.5) is 0 Å². The number of esters is 1. The van der Waals surface area contributed by atoms with E-state index in [1.54, 1.807) is 6.92 Å². The molecule has 0 saturated carbocycles. The van der Waals surface area contributed by atoms with Crippen molar-refractivity contribution in [2.45, 2.75) is 13.0 Å². The lowest BCUT2D eigenvalue weighted by atomic mass is 10.3. The summed E-state index contributed by atoms with van der Waals surface area (Å²) in [6, 6.07) is 0. The smallest absolute Gasteiger partial charge is 0.343 e. The fraction of sp³-hybridized carbons (Fsp3) is 0.571. The Kier molecular flexibility index (Phi) is 3.39. The highest BCUT2D eigenvalue weighted by Gasteiger charge is 2.24. The molecule has 13 heavy (non-hydrogen) atoms. The van der Waals surface area contributed by atoms with Crippen LogP contribution in [0.2, 0.25) is 0 Å². The lowest BCUT2D eigenvalue weighted by molar-refractivity contribution is -0.155. The molecule has 0 bridgehead atoms. The number of hydrogen-bond donors (Lipinski definition) is 1. The van der Waals surface area contributed by atoms with Gasteiger partial charge in [-0.05, 0) is 6.92 Å². The molecule has 0 aliphatic carbocycles. The first-order chi connectivity index (χ1) is 6.29. The van der Waals surface area contributed by atoms with Crippen LogP contribution in [0.15, 0.2) is 0 Å². The van der Waals surface area contributed by atoms with Crippen molar-refractivity contribution in [1.29, 1.82) is 0 Å². The molecule has 6 nitrogen and oxygen atoms in total. The SMILES string of the molecule is CCOC(=O)C(OC)c1nn[c][nH]1. The quantitative estimate of drug-likeness (QED) is 0.659. The number of rotatable bonds is 4. The average Bonchev–Trinajstić information content (AvgIpc) is 2.59. The summed E-state index contributed by atoms with van der Waals surface area (Å²) in [4.78, 5) is 13.8. The van der Waals surface area contributed by atoms with Crippen molar-refractivity contribution in [2.24, 2.45) is 0 Å². The summed E-state index contributed by atoms with van der Waals surface area (Å²) in [5, 5.41) is 7.02. The van der Waals surface area contributed by atoms with Crippen LogP contribution in [0, 0.1) is 6.33 Å². The molecule has 1 heterocycles. The topological polar surface area (TPSA) is 77.1 Å². The van der Waals surface area contributed by atoms with Gasteiger partial charge in [-0.25, -0.2) is 4.79 Å². The van der Waals surface area contributed by atoms with E-state index in [-0.39, 0.29) is 0 Å². The van der Waals surface area contributed by atoms with E-state index in [4.69, 9.17) is 9.47 Å². The minimum Gasteiger partial charge on any atom is -0.464 e. The lowest BCUT2D eigenvalue weighted by Crippen LogP contribution is -2.18. The Labute approximate surface area is 75.3 Å². The Morgan fingerprint density at radius 1 is 1.77 bits per heavy atom. The first kappa shape index (κ1) is 9.66. The van der Waals surface area contributed by atoms with Gasteiger partial charge in [-0.3, -0.25) is 0 Å². The number of methoxy groups -OCH3 is 1. The summed E-state index contributed by atoms with van der Waals surface area (Å²) in [6.07, 6.45) is 1.52. The molecule has 0 aliphatic rings. The number of nitrogens with zero attached hydrogens (tertiary/aromatic N) is 2. The number of aromatic nitrogens is 3. The van der Waals surface area contributed by atoms with E-state index in [2.05, 4.69) is 21.5 Å². The number of aromatic amines is 1. The third kappa shape index (κ3) is 2.25. The summed E-state index contributed by atoms with van der Waals surface area (Å²) in [7, 11) is 1.39. The van der Waals surface area contributed by atoms with Gasteiger partial charge in [-0.15, -0.1) is 10.2 Å². The molecule has 0 spiro atoms. The Hall–Kier alpha value is -1.43. The van der Waals surface area contributed by atoms with Gasteiger partial charge in [0.15, 0.2) is 12.2 Å². The largest absolute Gasteiger partial charge is 0.464 e. The monoisotopic (exact) mass is 184 g/mol. The molecule has 0 amide bonds. The van der Waals surface area contributed by atoms with Crippen LogP contribution in [0.1, 0.15) is 18.9 Å². The highest BCUT2D eigenvalue weighted by atomic mass is 16.6. The predicted octanol–water partition coefficient (Wildman–Crippen LogP) is -0.145. The van der Waals surface area contributed by atoms with Crippen LogP contribution in [0.5, 0.6) is 0 Å². The van der Waals surface area contributed by atoms with Gasteiger partial charge < -0.3 is 14.5 Å². The van der Waals surface area contributed by atoms with Crippen molar-refractivity contribution in [2.75, 3.05) is 13.7 Å². The van der Waals surface area contributed by atoms with Crippen molar-refractivity contribution >= 4 is 5.97 Å². The Bertz CT molecular complexity index is 260. The van der Waals surface area contributed by atoms with Gasteiger partial charge >= 0.3 is 5.97 Å². The van der Waals surface area contributed by atoms with Crippen LogP contribution < -0.4 is 0 Å². The van der Waals surface area contributed by atoms with Gasteiger partial charge in [0, 0.05) is 7.11 Å². The molecule has 71 valence electrons. The number of nitrogens with one attached hydrogen (secondary N) is 1. The van der Waals surface area contributed by atoms with Crippen LogP contribution >= 0.6 is 0 Å². The van der Waals surface area contributed by atoms with Crippen molar-refractivity contribution < 1.29 is 14.3 Å². The summed E-state index contributed by atoms with van der Waals surface area (Å²) < 4.78 is 9.63. The maximum absolute atomic E-state index is 11.2. The van der Waals surface area contributed by atoms with E-state index in [1.807, 2.05) is 0 Å². The van der Waals surface area contributed by atoms with Crippen molar-refractivity contribution in [1.82, 2.24) is 15.2 Å². The molecule has 6 heteroatoms. The second-order valence-electron chi connectivity index (χ2n) is 2.19. The predicted molar refractivity (Wildman–Crippen MR) is 41.6 cm³/mol. The maximum Gasteiger partial charge on any atom is 0.343 e. The summed E-state index contributed by atoms with van der Waals surface area (Å²) in [5.41, 5.74) is 0. The van der Waals surface area contributed by atoms with E-state index in [0.717, 1.165) is 0 Å².